The minimum absolute atomic E-state index is 0.282. The first-order chi connectivity index (χ1) is 4.66. The van der Waals surface area contributed by atoms with Crippen LogP contribution in [0.5, 0.6) is 0 Å². The van der Waals surface area contributed by atoms with Gasteiger partial charge < -0.3 is 10.8 Å². The van der Waals surface area contributed by atoms with Crippen molar-refractivity contribution in [2.75, 3.05) is 16.8 Å². The summed E-state index contributed by atoms with van der Waals surface area (Å²) in [6.45, 7) is 0. The molecular formula is C5H10BrNO2S. The van der Waals surface area contributed by atoms with Crippen molar-refractivity contribution in [3.05, 3.63) is 0 Å². The van der Waals surface area contributed by atoms with Crippen LogP contribution in [0.15, 0.2) is 0 Å². The van der Waals surface area contributed by atoms with Gasteiger partial charge in [-0.25, -0.2) is 0 Å². The first kappa shape index (κ1) is 10.3. The molecule has 0 spiro atoms. The van der Waals surface area contributed by atoms with Gasteiger partial charge in [-0.1, -0.05) is 15.9 Å². The summed E-state index contributed by atoms with van der Waals surface area (Å²) in [6.07, 6.45) is -0.385. The Kier molecular flexibility index (Phi) is 6.16. The van der Waals surface area contributed by atoms with Gasteiger partial charge in [-0.2, -0.15) is 0 Å². The summed E-state index contributed by atoms with van der Waals surface area (Å²) in [7, 11) is 0. The van der Waals surface area contributed by atoms with Crippen LogP contribution in [0.4, 0.5) is 0 Å². The van der Waals surface area contributed by atoms with Crippen molar-refractivity contribution < 1.29 is 9.90 Å². The van der Waals surface area contributed by atoms with Crippen LogP contribution in [0, 0.1) is 0 Å². The smallest absolute Gasteiger partial charge is 0.227 e. The minimum Gasteiger partial charge on any atom is -0.391 e. The fourth-order valence-electron chi connectivity index (χ4n) is 0.340. The second-order valence-corrected chi connectivity index (χ2v) is 3.47. The average Bonchev–Trinajstić information content (AvgIpc) is 1.87. The molecule has 0 saturated heterocycles. The highest BCUT2D eigenvalue weighted by Gasteiger charge is 2.02. The number of rotatable bonds is 5. The minimum atomic E-state index is -0.385. The maximum atomic E-state index is 10.2. The zero-order valence-corrected chi connectivity index (χ0v) is 7.82. The van der Waals surface area contributed by atoms with E-state index in [1.807, 2.05) is 0 Å². The second-order valence-electron chi connectivity index (χ2n) is 1.79. The quantitative estimate of drug-likeness (QED) is 0.649. The molecule has 3 N–H and O–H groups in total. The zero-order valence-electron chi connectivity index (χ0n) is 5.42. The van der Waals surface area contributed by atoms with E-state index in [0.29, 0.717) is 11.1 Å². The van der Waals surface area contributed by atoms with Gasteiger partial charge in [-0.3, -0.25) is 4.79 Å². The van der Waals surface area contributed by atoms with Crippen molar-refractivity contribution in [2.45, 2.75) is 6.10 Å². The van der Waals surface area contributed by atoms with Gasteiger partial charge in [0.2, 0.25) is 5.91 Å². The summed E-state index contributed by atoms with van der Waals surface area (Å²) in [5.74, 6) is 0.491. The van der Waals surface area contributed by atoms with Crippen molar-refractivity contribution >= 4 is 33.6 Å². The molecule has 1 unspecified atom stereocenters. The normalized spacial score (nSPS) is 13.0. The molecule has 0 rings (SSSR count). The lowest BCUT2D eigenvalue weighted by atomic mass is 10.5. The van der Waals surface area contributed by atoms with Crippen LogP contribution in [0.3, 0.4) is 0 Å². The van der Waals surface area contributed by atoms with Crippen LogP contribution in [0.1, 0.15) is 0 Å². The molecule has 0 aromatic heterocycles. The maximum Gasteiger partial charge on any atom is 0.227 e. The molecule has 5 heteroatoms. The zero-order chi connectivity index (χ0) is 7.98. The van der Waals surface area contributed by atoms with E-state index in [0.717, 1.165) is 0 Å². The van der Waals surface area contributed by atoms with Gasteiger partial charge in [0.05, 0.1) is 11.9 Å². The molecule has 0 aliphatic rings. The van der Waals surface area contributed by atoms with Gasteiger partial charge in [0.25, 0.3) is 0 Å². The molecule has 0 fully saturated rings. The monoisotopic (exact) mass is 227 g/mol. The van der Waals surface area contributed by atoms with Crippen LogP contribution in [0.25, 0.3) is 0 Å². The number of aliphatic hydroxyl groups excluding tert-OH is 1. The van der Waals surface area contributed by atoms with Crippen LogP contribution in [-0.4, -0.2) is 34.0 Å². The molecule has 0 bridgehead atoms. The predicted molar refractivity (Wildman–Crippen MR) is 46.3 cm³/mol. The summed E-state index contributed by atoms with van der Waals surface area (Å²) < 4.78 is 0. The third kappa shape index (κ3) is 6.38. The molecule has 0 radical (unpaired) electrons. The molecule has 0 aromatic carbocycles. The molecule has 1 amide bonds. The number of alkyl halides is 1. The van der Waals surface area contributed by atoms with E-state index in [4.69, 9.17) is 10.8 Å². The maximum absolute atomic E-state index is 10.2. The van der Waals surface area contributed by atoms with Crippen LogP contribution in [0.2, 0.25) is 0 Å². The van der Waals surface area contributed by atoms with Gasteiger partial charge in [-0.05, 0) is 0 Å². The van der Waals surface area contributed by atoms with Gasteiger partial charge >= 0.3 is 0 Å². The Morgan fingerprint density at radius 1 is 1.80 bits per heavy atom. The van der Waals surface area contributed by atoms with E-state index in [1.165, 1.54) is 11.8 Å². The Morgan fingerprint density at radius 3 is 2.80 bits per heavy atom. The Labute approximate surface area is 72.5 Å². The molecular weight excluding hydrogens is 218 g/mol. The first-order valence-corrected chi connectivity index (χ1v) is 5.04. The third-order valence-electron chi connectivity index (χ3n) is 0.733. The van der Waals surface area contributed by atoms with Crippen molar-refractivity contribution in [1.29, 1.82) is 0 Å². The summed E-state index contributed by atoms with van der Waals surface area (Å²) in [4.78, 5) is 10.2. The lowest BCUT2D eigenvalue weighted by molar-refractivity contribution is -0.115. The first-order valence-electron chi connectivity index (χ1n) is 2.77. The van der Waals surface area contributed by atoms with E-state index in [2.05, 4.69) is 15.9 Å². The fourth-order valence-corrected chi connectivity index (χ4v) is 1.58. The Morgan fingerprint density at radius 2 is 2.40 bits per heavy atom. The average molecular weight is 228 g/mol. The molecule has 3 nitrogen and oxygen atoms in total. The van der Waals surface area contributed by atoms with E-state index >= 15 is 0 Å². The standard InChI is InChI=1S/C5H10BrNO2S/c6-1-4(8)2-10-3-5(7)9/h4,8H,1-3H2,(H2,7,9). The third-order valence-corrected chi connectivity index (χ3v) is 2.59. The van der Waals surface area contributed by atoms with E-state index < -0.39 is 0 Å². The summed E-state index contributed by atoms with van der Waals surface area (Å²) >= 11 is 4.44. The highest BCUT2D eigenvalue weighted by Crippen LogP contribution is 2.03. The van der Waals surface area contributed by atoms with Gasteiger partial charge in [0.15, 0.2) is 0 Å². The number of primary amides is 1. The number of aliphatic hydroxyl groups is 1. The summed E-state index contributed by atoms with van der Waals surface area (Å²) in [5, 5.41) is 9.49. The molecule has 0 heterocycles. The van der Waals surface area contributed by atoms with Crippen molar-refractivity contribution in [3.8, 4) is 0 Å². The second kappa shape index (κ2) is 6.00. The number of carbonyl (C=O) groups excluding carboxylic acids is 1. The molecule has 10 heavy (non-hydrogen) atoms. The lowest BCUT2D eigenvalue weighted by Gasteiger charge is -2.03. The molecule has 60 valence electrons. The largest absolute Gasteiger partial charge is 0.391 e. The highest BCUT2D eigenvalue weighted by molar-refractivity contribution is 9.09. The fraction of sp³-hybridized carbons (Fsp3) is 0.800. The van der Waals surface area contributed by atoms with Crippen LogP contribution < -0.4 is 5.73 Å². The Bertz CT molecular complexity index is 112. The van der Waals surface area contributed by atoms with Crippen molar-refractivity contribution in [2.24, 2.45) is 5.73 Å². The number of nitrogens with two attached hydrogens (primary N) is 1. The number of thioether (sulfide) groups is 1. The van der Waals surface area contributed by atoms with E-state index in [1.54, 1.807) is 0 Å². The number of carbonyl (C=O) groups is 1. The Balaban J connectivity index is 3.11. The molecule has 0 aromatic rings. The summed E-state index contributed by atoms with van der Waals surface area (Å²) in [5.41, 5.74) is 4.87. The molecule has 0 aliphatic heterocycles. The Hall–Kier alpha value is 0.260. The van der Waals surface area contributed by atoms with Crippen molar-refractivity contribution in [3.63, 3.8) is 0 Å². The number of hydrogen-bond acceptors (Lipinski definition) is 3. The molecule has 1 atom stereocenters. The van der Waals surface area contributed by atoms with Crippen LogP contribution in [-0.2, 0) is 4.79 Å². The lowest BCUT2D eigenvalue weighted by Crippen LogP contribution is -2.17. The molecule has 0 aliphatic carbocycles. The SMILES string of the molecule is NC(=O)CSCC(O)CBr. The predicted octanol–water partition coefficient (Wildman–Crippen LogP) is -0.0393. The summed E-state index contributed by atoms with van der Waals surface area (Å²) in [6, 6.07) is 0. The topological polar surface area (TPSA) is 63.3 Å². The van der Waals surface area contributed by atoms with Gasteiger partial charge in [-0.15, -0.1) is 11.8 Å². The molecule has 0 saturated carbocycles. The van der Waals surface area contributed by atoms with Gasteiger partial charge in [0, 0.05) is 11.1 Å². The van der Waals surface area contributed by atoms with E-state index in [9.17, 15) is 4.79 Å². The van der Waals surface area contributed by atoms with Gasteiger partial charge in [0.1, 0.15) is 0 Å². The number of amides is 1. The number of hydrogen-bond donors (Lipinski definition) is 2. The number of halogens is 1. The highest BCUT2D eigenvalue weighted by atomic mass is 79.9. The van der Waals surface area contributed by atoms with Crippen LogP contribution >= 0.6 is 27.7 Å². The van der Waals surface area contributed by atoms with Crippen molar-refractivity contribution in [1.82, 2.24) is 0 Å². The van der Waals surface area contributed by atoms with E-state index in [-0.39, 0.29) is 17.8 Å².